The van der Waals surface area contributed by atoms with E-state index < -0.39 is 65.3 Å². The summed E-state index contributed by atoms with van der Waals surface area (Å²) in [6.45, 7) is 8.08. The number of hydrogen-bond donors (Lipinski definition) is 0. The smallest absolute Gasteiger partial charge is 0.431 e. The summed E-state index contributed by atoms with van der Waals surface area (Å²) in [5, 5.41) is 0. The molecule has 1 heterocycles. The van der Waals surface area contributed by atoms with Gasteiger partial charge in [0, 0.05) is 11.8 Å². The Hall–Kier alpha value is -3.03. The molecule has 0 aliphatic carbocycles. The van der Waals surface area contributed by atoms with Gasteiger partial charge in [0.1, 0.15) is 31.2 Å². The van der Waals surface area contributed by atoms with Crippen LogP contribution in [0.1, 0.15) is 45.2 Å². The number of aromatic nitrogens is 2. The largest absolute Gasteiger partial charge is 0.508 e. The first kappa shape index (κ1) is 31.2. The molecule has 0 saturated carbocycles. The maximum atomic E-state index is 14.5. The molecule has 0 fully saturated rings. The van der Waals surface area contributed by atoms with Gasteiger partial charge in [-0.1, -0.05) is 24.6 Å². The molecule has 0 N–H and O–H groups in total. The predicted molar refractivity (Wildman–Crippen MR) is 136 cm³/mol. The van der Waals surface area contributed by atoms with Crippen LogP contribution in [-0.4, -0.2) is 54.8 Å². The molecule has 1 unspecified atom stereocenters. The molecule has 1 aromatic carbocycles. The zero-order valence-electron chi connectivity index (χ0n) is 22.4. The SMILES string of the molecule is CC[C@H](F)C(COC(=O)OC(C)(C)C)OCn1cc(C)c(=O)n(CCOS(=O)(=O)c2ccc(C)cc2)c1=O. The minimum Gasteiger partial charge on any atom is -0.431 e. The molecule has 212 valence electrons. The third-order valence-corrected chi connectivity index (χ3v) is 6.57. The summed E-state index contributed by atoms with van der Waals surface area (Å²) in [6.07, 6.45) is -2.40. The number of hydrogen-bond acceptors (Lipinski definition) is 9. The van der Waals surface area contributed by atoms with E-state index in [2.05, 4.69) is 0 Å². The summed E-state index contributed by atoms with van der Waals surface area (Å²) in [5.74, 6) is 0. The Morgan fingerprint density at radius 1 is 1.11 bits per heavy atom. The van der Waals surface area contributed by atoms with Gasteiger partial charge < -0.3 is 14.2 Å². The number of aryl methyl sites for hydroxylation is 2. The van der Waals surface area contributed by atoms with Crippen LogP contribution < -0.4 is 11.2 Å². The van der Waals surface area contributed by atoms with Gasteiger partial charge in [-0.25, -0.2) is 14.0 Å². The van der Waals surface area contributed by atoms with Crippen molar-refractivity contribution < 1.29 is 36.0 Å². The van der Waals surface area contributed by atoms with Gasteiger partial charge in [0.2, 0.25) is 0 Å². The topological polar surface area (TPSA) is 132 Å². The lowest BCUT2D eigenvalue weighted by molar-refractivity contribution is -0.0840. The molecule has 0 radical (unpaired) electrons. The second kappa shape index (κ2) is 13.2. The zero-order valence-corrected chi connectivity index (χ0v) is 23.2. The first-order valence-corrected chi connectivity index (χ1v) is 13.4. The number of carbonyl (C=O) groups excluding carboxylic acids is 1. The molecule has 0 saturated heterocycles. The van der Waals surface area contributed by atoms with Gasteiger partial charge in [-0.05, 0) is 53.2 Å². The van der Waals surface area contributed by atoms with E-state index in [1.165, 1.54) is 25.3 Å². The fourth-order valence-electron chi connectivity index (χ4n) is 3.23. The van der Waals surface area contributed by atoms with Gasteiger partial charge in [-0.15, -0.1) is 0 Å². The lowest BCUT2D eigenvalue weighted by atomic mass is 10.2. The molecule has 13 heteroatoms. The zero-order chi connectivity index (χ0) is 28.7. The van der Waals surface area contributed by atoms with Crippen LogP contribution in [0.15, 0.2) is 44.9 Å². The highest BCUT2D eigenvalue weighted by Crippen LogP contribution is 2.14. The first-order valence-electron chi connectivity index (χ1n) is 12.0. The minimum atomic E-state index is -4.09. The predicted octanol–water partition coefficient (Wildman–Crippen LogP) is 3.07. The molecule has 2 rings (SSSR count). The lowest BCUT2D eigenvalue weighted by Crippen LogP contribution is -2.43. The summed E-state index contributed by atoms with van der Waals surface area (Å²) in [4.78, 5) is 37.3. The Morgan fingerprint density at radius 3 is 2.32 bits per heavy atom. The van der Waals surface area contributed by atoms with E-state index in [9.17, 15) is 27.2 Å². The maximum Gasteiger partial charge on any atom is 0.508 e. The summed E-state index contributed by atoms with van der Waals surface area (Å²) in [5.41, 5.74) is -1.20. The molecule has 2 atom stereocenters. The molecule has 0 bridgehead atoms. The Balaban J connectivity index is 2.12. The van der Waals surface area contributed by atoms with E-state index in [-0.39, 0.29) is 23.4 Å². The third kappa shape index (κ3) is 9.07. The van der Waals surface area contributed by atoms with Gasteiger partial charge in [0.05, 0.1) is 18.0 Å². The van der Waals surface area contributed by atoms with Gasteiger partial charge in [-0.3, -0.25) is 18.1 Å². The summed E-state index contributed by atoms with van der Waals surface area (Å²) < 4.78 is 61.7. The lowest BCUT2D eigenvalue weighted by Gasteiger charge is -2.23. The highest BCUT2D eigenvalue weighted by Gasteiger charge is 2.25. The van der Waals surface area contributed by atoms with E-state index >= 15 is 0 Å². The molecule has 1 aromatic heterocycles. The first-order chi connectivity index (χ1) is 17.6. The number of halogens is 1. The third-order valence-electron chi connectivity index (χ3n) is 5.25. The Kier molecular flexibility index (Phi) is 10.8. The highest BCUT2D eigenvalue weighted by atomic mass is 32.2. The van der Waals surface area contributed by atoms with E-state index in [1.54, 1.807) is 39.8 Å². The second-order valence-electron chi connectivity index (χ2n) is 9.64. The normalized spacial score (nSPS) is 13.7. The summed E-state index contributed by atoms with van der Waals surface area (Å²) >= 11 is 0. The average molecular weight is 559 g/mol. The molecule has 0 spiro atoms. The van der Waals surface area contributed by atoms with Crippen molar-refractivity contribution >= 4 is 16.3 Å². The average Bonchev–Trinajstić information content (AvgIpc) is 2.82. The summed E-state index contributed by atoms with van der Waals surface area (Å²) in [7, 11) is -4.09. The van der Waals surface area contributed by atoms with Crippen LogP contribution >= 0.6 is 0 Å². The van der Waals surface area contributed by atoms with Crippen molar-refractivity contribution in [1.29, 1.82) is 0 Å². The molecular formula is C25H35FN2O9S. The number of carbonyl (C=O) groups is 1. The Morgan fingerprint density at radius 2 is 1.74 bits per heavy atom. The molecule has 0 aliphatic rings. The number of rotatable bonds is 12. The van der Waals surface area contributed by atoms with Crippen molar-refractivity contribution in [2.75, 3.05) is 13.2 Å². The maximum absolute atomic E-state index is 14.5. The van der Waals surface area contributed by atoms with E-state index in [0.717, 1.165) is 14.7 Å². The van der Waals surface area contributed by atoms with Crippen molar-refractivity contribution in [2.24, 2.45) is 0 Å². The van der Waals surface area contributed by atoms with Crippen LogP contribution in [0.5, 0.6) is 0 Å². The quantitative estimate of drug-likeness (QED) is 0.285. The van der Waals surface area contributed by atoms with Crippen molar-refractivity contribution in [3.63, 3.8) is 0 Å². The molecule has 2 aromatic rings. The van der Waals surface area contributed by atoms with Crippen molar-refractivity contribution in [3.8, 4) is 0 Å². The van der Waals surface area contributed by atoms with Gasteiger partial charge in [-0.2, -0.15) is 8.42 Å². The van der Waals surface area contributed by atoms with Crippen LogP contribution in [0.3, 0.4) is 0 Å². The molecule has 0 aliphatic heterocycles. The van der Waals surface area contributed by atoms with Gasteiger partial charge >= 0.3 is 11.8 Å². The number of benzene rings is 1. The number of ether oxygens (including phenoxy) is 3. The van der Waals surface area contributed by atoms with Crippen molar-refractivity contribution in [2.45, 2.75) is 84.0 Å². The Labute approximate surface area is 221 Å². The molecule has 38 heavy (non-hydrogen) atoms. The fourth-order valence-corrected chi connectivity index (χ4v) is 4.12. The number of alkyl halides is 1. The van der Waals surface area contributed by atoms with Crippen molar-refractivity contribution in [1.82, 2.24) is 9.13 Å². The molecular weight excluding hydrogens is 523 g/mol. The monoisotopic (exact) mass is 558 g/mol. The number of nitrogens with zero attached hydrogens (tertiary/aromatic N) is 2. The standard InChI is InChI=1S/C25H35FN2O9S/c1-7-20(26)21(15-34-24(31)37-25(4,5)6)35-16-27-14-18(3)22(29)28(23(27)30)12-13-36-38(32,33)19-10-8-17(2)9-11-19/h8-11,14,20-21H,7,12-13,15-16H2,1-6H3/t20-,21?/m0/s1. The molecule has 11 nitrogen and oxygen atoms in total. The van der Waals surface area contributed by atoms with E-state index in [0.29, 0.717) is 0 Å². The van der Waals surface area contributed by atoms with Crippen LogP contribution in [0.25, 0.3) is 0 Å². The van der Waals surface area contributed by atoms with Crippen LogP contribution in [0.4, 0.5) is 9.18 Å². The van der Waals surface area contributed by atoms with Crippen molar-refractivity contribution in [3.05, 3.63) is 62.4 Å². The second-order valence-corrected chi connectivity index (χ2v) is 11.3. The van der Waals surface area contributed by atoms with Crippen LogP contribution in [0.2, 0.25) is 0 Å². The van der Waals surface area contributed by atoms with E-state index in [1.807, 2.05) is 6.92 Å². The van der Waals surface area contributed by atoms with Gasteiger partial charge in [0.25, 0.3) is 15.7 Å². The van der Waals surface area contributed by atoms with Crippen LogP contribution in [-0.2, 0) is 41.8 Å². The minimum absolute atomic E-state index is 0.0538. The highest BCUT2D eigenvalue weighted by molar-refractivity contribution is 7.86. The fraction of sp³-hybridized carbons (Fsp3) is 0.560. The summed E-state index contributed by atoms with van der Waals surface area (Å²) in [6, 6.07) is 6.02. The van der Waals surface area contributed by atoms with Gasteiger partial charge in [0.15, 0.2) is 0 Å². The molecule has 0 amide bonds. The van der Waals surface area contributed by atoms with E-state index in [4.69, 9.17) is 18.4 Å². The Bertz CT molecular complexity index is 1310. The van der Waals surface area contributed by atoms with Crippen LogP contribution in [0, 0.1) is 13.8 Å².